The summed E-state index contributed by atoms with van der Waals surface area (Å²) in [5.74, 6) is 0.911. The number of hydrogen-bond donors (Lipinski definition) is 2. The first-order chi connectivity index (χ1) is 16.9. The van der Waals surface area contributed by atoms with Crippen molar-refractivity contribution in [3.8, 4) is 0 Å². The van der Waals surface area contributed by atoms with E-state index in [2.05, 4.69) is 56.2 Å². The highest BCUT2D eigenvalue weighted by Gasteiger charge is 2.57. The van der Waals surface area contributed by atoms with Gasteiger partial charge in [0, 0.05) is 23.5 Å². The van der Waals surface area contributed by atoms with Gasteiger partial charge in [-0.1, -0.05) is 19.1 Å². The number of nitrogens with one attached hydrogen (secondary N) is 1. The van der Waals surface area contributed by atoms with E-state index < -0.39 is 6.10 Å². The molecule has 3 heterocycles. The Kier molecular flexibility index (Phi) is 5.29. The van der Waals surface area contributed by atoms with Gasteiger partial charge >= 0.3 is 0 Å². The number of benzene rings is 1. The van der Waals surface area contributed by atoms with E-state index in [1.165, 1.54) is 5.56 Å². The van der Waals surface area contributed by atoms with E-state index in [1.807, 2.05) is 19.9 Å². The van der Waals surface area contributed by atoms with Crippen LogP contribution in [0.4, 0.5) is 10.2 Å². The molecule has 2 fully saturated rings. The summed E-state index contributed by atoms with van der Waals surface area (Å²) in [6.45, 7) is 6.83. The molecule has 0 amide bonds. The number of anilines is 1. The summed E-state index contributed by atoms with van der Waals surface area (Å²) in [5, 5.41) is 16.4. The highest BCUT2D eigenvalue weighted by atomic mass is 19.1. The van der Waals surface area contributed by atoms with Crippen LogP contribution in [0.2, 0.25) is 0 Å². The molecule has 6 rings (SSSR count). The van der Waals surface area contributed by atoms with Crippen LogP contribution in [0.5, 0.6) is 0 Å². The molecule has 182 valence electrons. The van der Waals surface area contributed by atoms with Gasteiger partial charge in [0.1, 0.15) is 12.0 Å². The quantitative estimate of drug-likeness (QED) is 0.404. The summed E-state index contributed by atoms with van der Waals surface area (Å²) in [6, 6.07) is 9.83. The Hall–Kier alpha value is -3.06. The Morgan fingerprint density at radius 3 is 2.91 bits per heavy atom. The van der Waals surface area contributed by atoms with Crippen LogP contribution < -0.4 is 5.32 Å². The molecule has 35 heavy (non-hydrogen) atoms. The lowest BCUT2D eigenvalue weighted by atomic mass is 9.77. The molecule has 5 atom stereocenters. The molecule has 0 radical (unpaired) electrons. The third kappa shape index (κ3) is 3.51. The Morgan fingerprint density at radius 1 is 1.23 bits per heavy atom. The molecule has 0 bridgehead atoms. The molecule has 2 aliphatic rings. The topological polar surface area (TPSA) is 75.9 Å². The van der Waals surface area contributed by atoms with Gasteiger partial charge in [-0.15, -0.1) is 0 Å². The van der Waals surface area contributed by atoms with E-state index in [4.69, 9.17) is 0 Å². The maximum absolute atomic E-state index is 14.3. The number of pyridine rings is 1. The summed E-state index contributed by atoms with van der Waals surface area (Å²) < 4.78 is 16.4. The normalized spacial score (nSPS) is 28.1. The number of nitrogens with zero attached hydrogens (tertiary/aromatic N) is 4. The van der Waals surface area contributed by atoms with Gasteiger partial charge < -0.3 is 15.0 Å². The second-order valence-corrected chi connectivity index (χ2v) is 10.7. The lowest BCUT2D eigenvalue weighted by Gasteiger charge is -2.31. The molecule has 4 aromatic rings. The maximum atomic E-state index is 14.3. The first-order valence-corrected chi connectivity index (χ1v) is 12.7. The number of rotatable bonds is 5. The molecule has 1 aromatic carbocycles. The van der Waals surface area contributed by atoms with Gasteiger partial charge in [-0.3, -0.25) is 0 Å². The molecule has 2 saturated carbocycles. The summed E-state index contributed by atoms with van der Waals surface area (Å²) in [5.41, 5.74) is 3.81. The molecule has 3 aromatic heterocycles. The van der Waals surface area contributed by atoms with E-state index >= 15 is 0 Å². The van der Waals surface area contributed by atoms with Crippen LogP contribution in [-0.4, -0.2) is 37.3 Å². The van der Waals surface area contributed by atoms with Crippen LogP contribution in [0.15, 0.2) is 42.9 Å². The van der Waals surface area contributed by atoms with E-state index in [1.54, 1.807) is 12.4 Å². The summed E-state index contributed by atoms with van der Waals surface area (Å²) >= 11 is 0. The zero-order chi connectivity index (χ0) is 24.3. The molecular weight excluding hydrogens is 441 g/mol. The second kappa shape index (κ2) is 8.26. The molecular formula is C28H32FN5O. The zero-order valence-electron chi connectivity index (χ0n) is 20.5. The summed E-state index contributed by atoms with van der Waals surface area (Å²) in [4.78, 5) is 13.4. The average Bonchev–Trinajstić information content (AvgIpc) is 3.48. The largest absolute Gasteiger partial charge is 0.390 e. The Bertz CT molecular complexity index is 1420. The van der Waals surface area contributed by atoms with Gasteiger partial charge in [0.05, 0.1) is 23.4 Å². The van der Waals surface area contributed by atoms with Crippen LogP contribution >= 0.6 is 0 Å². The molecule has 7 heteroatoms. The van der Waals surface area contributed by atoms with Crippen LogP contribution in [0.3, 0.4) is 0 Å². The molecule has 0 saturated heterocycles. The summed E-state index contributed by atoms with van der Waals surface area (Å²) in [6.07, 6.45) is 7.28. The van der Waals surface area contributed by atoms with Crippen molar-refractivity contribution in [3.05, 3.63) is 59.9 Å². The molecule has 0 spiro atoms. The lowest BCUT2D eigenvalue weighted by molar-refractivity contribution is 0.0283. The molecule has 2 aliphatic carbocycles. The summed E-state index contributed by atoms with van der Waals surface area (Å²) in [7, 11) is 0. The Morgan fingerprint density at radius 2 is 2.09 bits per heavy atom. The molecule has 0 aliphatic heterocycles. The van der Waals surface area contributed by atoms with E-state index in [0.717, 1.165) is 53.3 Å². The number of hydrogen-bond acceptors (Lipinski definition) is 5. The first-order valence-electron chi connectivity index (χ1n) is 12.7. The second-order valence-electron chi connectivity index (χ2n) is 10.7. The van der Waals surface area contributed by atoms with Gasteiger partial charge in [0.15, 0.2) is 11.6 Å². The molecule has 6 nitrogen and oxygen atoms in total. The van der Waals surface area contributed by atoms with Crippen molar-refractivity contribution in [2.45, 2.75) is 58.6 Å². The first kappa shape index (κ1) is 22.4. The fraction of sp³-hybridized carbons (Fsp3) is 0.464. The van der Waals surface area contributed by atoms with Crippen LogP contribution in [0, 0.1) is 30.0 Å². The smallest absolute Gasteiger partial charge is 0.166 e. The van der Waals surface area contributed by atoms with E-state index in [0.29, 0.717) is 24.2 Å². The minimum Gasteiger partial charge on any atom is -0.390 e. The monoisotopic (exact) mass is 473 g/mol. The van der Waals surface area contributed by atoms with E-state index in [-0.39, 0.29) is 17.3 Å². The average molecular weight is 474 g/mol. The third-order valence-corrected chi connectivity index (χ3v) is 8.75. The molecule has 2 N–H and O–H groups in total. The van der Waals surface area contributed by atoms with Gasteiger partial charge in [-0.05, 0) is 80.5 Å². The van der Waals surface area contributed by atoms with Crippen molar-refractivity contribution >= 4 is 27.8 Å². The Labute approximate surface area is 204 Å². The lowest BCUT2D eigenvalue weighted by Crippen LogP contribution is -2.33. The van der Waals surface area contributed by atoms with Gasteiger partial charge in [-0.25, -0.2) is 19.3 Å². The maximum Gasteiger partial charge on any atom is 0.166 e. The van der Waals surface area contributed by atoms with Crippen molar-refractivity contribution in [2.24, 2.45) is 17.3 Å². The number of fused-ring (bicyclic) bond motifs is 3. The highest BCUT2D eigenvalue weighted by molar-refractivity contribution is 5.81. The fourth-order valence-corrected chi connectivity index (χ4v) is 6.86. The molecule has 0 unspecified atom stereocenters. The number of aliphatic hydroxyl groups is 1. The zero-order valence-corrected chi connectivity index (χ0v) is 20.5. The van der Waals surface area contributed by atoms with Crippen molar-refractivity contribution in [1.29, 1.82) is 0 Å². The Balaban J connectivity index is 1.28. The SMILES string of the molecule is CCNc1nc2cc(C[C@@H]3CC[C@@]4(C)[C@@H]3C[C@@H](n3ccc5c(C)ncnc53)[C@@H]4O)ccc2cc1F. The standard InChI is InChI=1S/C28H32FN5O/c1-4-30-26-22(29)13-19-6-5-17(12-23(19)33-26)11-18-7-9-28(3)21(18)14-24(25(28)35)34-10-8-20-16(2)31-15-32-27(20)34/h5-6,8,10,12-13,15,18,21,24-25,35H,4,7,9,11,14H2,1-3H3,(H,30,33)/t18-,21+,24+,25-,28-/m0/s1. The fourth-order valence-electron chi connectivity index (χ4n) is 6.86. The van der Waals surface area contributed by atoms with Gasteiger partial charge in [-0.2, -0.15) is 0 Å². The third-order valence-electron chi connectivity index (χ3n) is 8.75. The number of aryl methyl sites for hydroxylation is 1. The van der Waals surface area contributed by atoms with Crippen molar-refractivity contribution in [3.63, 3.8) is 0 Å². The predicted molar refractivity (Wildman–Crippen MR) is 136 cm³/mol. The van der Waals surface area contributed by atoms with Crippen molar-refractivity contribution < 1.29 is 9.50 Å². The van der Waals surface area contributed by atoms with Crippen LogP contribution in [0.1, 0.15) is 50.4 Å². The number of aliphatic hydroxyl groups excluding tert-OH is 1. The minimum absolute atomic E-state index is 0.0171. The minimum atomic E-state index is -0.410. The number of halogens is 1. The van der Waals surface area contributed by atoms with E-state index in [9.17, 15) is 9.50 Å². The van der Waals surface area contributed by atoms with Crippen molar-refractivity contribution in [2.75, 3.05) is 11.9 Å². The van der Waals surface area contributed by atoms with Crippen molar-refractivity contribution in [1.82, 2.24) is 19.5 Å². The van der Waals surface area contributed by atoms with Crippen LogP contribution in [-0.2, 0) is 6.42 Å². The highest BCUT2D eigenvalue weighted by Crippen LogP contribution is 2.60. The van der Waals surface area contributed by atoms with Gasteiger partial charge in [0.2, 0.25) is 0 Å². The predicted octanol–water partition coefficient (Wildman–Crippen LogP) is 5.44. The van der Waals surface area contributed by atoms with Gasteiger partial charge in [0.25, 0.3) is 0 Å². The number of aromatic nitrogens is 4. The van der Waals surface area contributed by atoms with Crippen LogP contribution in [0.25, 0.3) is 21.9 Å².